The minimum Gasteiger partial charge on any atom is -0.399 e. The van der Waals surface area contributed by atoms with E-state index in [2.05, 4.69) is 4.98 Å². The molecule has 1 amide bonds. The van der Waals surface area contributed by atoms with E-state index in [1.807, 2.05) is 19.1 Å². The monoisotopic (exact) mass is 270 g/mol. The number of nitrogens with zero attached hydrogens (tertiary/aromatic N) is 2. The summed E-state index contributed by atoms with van der Waals surface area (Å²) in [6, 6.07) is 8.74. The molecule has 0 aliphatic carbocycles. The van der Waals surface area contributed by atoms with Crippen molar-refractivity contribution in [3.8, 4) is 0 Å². The van der Waals surface area contributed by atoms with Crippen LogP contribution in [0.3, 0.4) is 0 Å². The number of hydrogen-bond acceptors (Lipinski definition) is 4. The first kappa shape index (κ1) is 13.9. The molecule has 1 aromatic carbocycles. The standard InChI is InChI=1S/C15H18N4O/c1-2-19(10-11-5-7-18-8-6-11)15(20)13-4-3-12(16)9-14(13)17/h3-9H,2,10,16-17H2,1H3. The lowest BCUT2D eigenvalue weighted by atomic mass is 10.1. The van der Waals surface area contributed by atoms with E-state index in [4.69, 9.17) is 11.5 Å². The molecule has 1 aromatic heterocycles. The van der Waals surface area contributed by atoms with Crippen LogP contribution in [0.5, 0.6) is 0 Å². The molecule has 4 N–H and O–H groups in total. The molecule has 0 atom stereocenters. The largest absolute Gasteiger partial charge is 0.399 e. The maximum Gasteiger partial charge on any atom is 0.256 e. The lowest BCUT2D eigenvalue weighted by molar-refractivity contribution is 0.0753. The lowest BCUT2D eigenvalue weighted by Crippen LogP contribution is -2.30. The third kappa shape index (κ3) is 3.06. The van der Waals surface area contributed by atoms with Crippen molar-refractivity contribution in [1.82, 2.24) is 9.88 Å². The van der Waals surface area contributed by atoms with Gasteiger partial charge in [-0.05, 0) is 42.8 Å². The van der Waals surface area contributed by atoms with Crippen molar-refractivity contribution < 1.29 is 4.79 Å². The summed E-state index contributed by atoms with van der Waals surface area (Å²) in [5, 5.41) is 0. The van der Waals surface area contributed by atoms with Crippen molar-refractivity contribution >= 4 is 17.3 Å². The number of anilines is 2. The third-order valence-electron chi connectivity index (χ3n) is 3.10. The molecule has 2 rings (SSSR count). The normalized spacial score (nSPS) is 10.2. The Balaban J connectivity index is 2.21. The zero-order valence-electron chi connectivity index (χ0n) is 11.4. The number of benzene rings is 1. The predicted molar refractivity (Wildman–Crippen MR) is 79.9 cm³/mol. The van der Waals surface area contributed by atoms with Crippen molar-refractivity contribution in [3.63, 3.8) is 0 Å². The van der Waals surface area contributed by atoms with E-state index in [1.54, 1.807) is 35.5 Å². The number of aromatic nitrogens is 1. The van der Waals surface area contributed by atoms with Crippen molar-refractivity contribution in [2.45, 2.75) is 13.5 Å². The minimum absolute atomic E-state index is 0.0955. The number of amides is 1. The maximum atomic E-state index is 12.5. The molecule has 5 heteroatoms. The molecule has 0 radical (unpaired) electrons. The van der Waals surface area contributed by atoms with Gasteiger partial charge < -0.3 is 16.4 Å². The van der Waals surface area contributed by atoms with Crippen LogP contribution >= 0.6 is 0 Å². The summed E-state index contributed by atoms with van der Waals surface area (Å²) in [5.74, 6) is -0.0955. The van der Waals surface area contributed by atoms with Crippen molar-refractivity contribution in [2.24, 2.45) is 0 Å². The van der Waals surface area contributed by atoms with Crippen LogP contribution in [0.1, 0.15) is 22.8 Å². The number of carbonyl (C=O) groups is 1. The molecule has 5 nitrogen and oxygen atoms in total. The van der Waals surface area contributed by atoms with Gasteiger partial charge in [0.25, 0.3) is 5.91 Å². The molecular formula is C15H18N4O. The molecule has 0 unspecified atom stereocenters. The van der Waals surface area contributed by atoms with Crippen molar-refractivity contribution in [2.75, 3.05) is 18.0 Å². The van der Waals surface area contributed by atoms with Gasteiger partial charge in [0.05, 0.1) is 5.56 Å². The van der Waals surface area contributed by atoms with Crippen LogP contribution in [0, 0.1) is 0 Å². The average Bonchev–Trinajstić information content (AvgIpc) is 2.45. The van der Waals surface area contributed by atoms with Crippen LogP contribution < -0.4 is 11.5 Å². The Labute approximate surface area is 118 Å². The Morgan fingerprint density at radius 1 is 1.20 bits per heavy atom. The lowest BCUT2D eigenvalue weighted by Gasteiger charge is -2.22. The second-order valence-corrected chi connectivity index (χ2v) is 4.52. The highest BCUT2D eigenvalue weighted by atomic mass is 16.2. The van der Waals surface area contributed by atoms with Gasteiger partial charge in [-0.1, -0.05) is 0 Å². The Bertz CT molecular complexity index is 598. The Hall–Kier alpha value is -2.56. The SMILES string of the molecule is CCN(Cc1ccncc1)C(=O)c1ccc(N)cc1N. The van der Waals surface area contributed by atoms with E-state index in [9.17, 15) is 4.79 Å². The van der Waals surface area contributed by atoms with Gasteiger partial charge in [0.2, 0.25) is 0 Å². The fourth-order valence-electron chi connectivity index (χ4n) is 1.98. The molecule has 0 saturated heterocycles. The van der Waals surface area contributed by atoms with Crippen molar-refractivity contribution in [3.05, 3.63) is 53.9 Å². The second kappa shape index (κ2) is 6.06. The molecule has 1 heterocycles. The van der Waals surface area contributed by atoms with Gasteiger partial charge in [-0.15, -0.1) is 0 Å². The molecule has 0 spiro atoms. The Morgan fingerprint density at radius 3 is 2.50 bits per heavy atom. The van der Waals surface area contributed by atoms with Crippen LogP contribution in [-0.2, 0) is 6.54 Å². The number of nitrogen functional groups attached to an aromatic ring is 2. The van der Waals surface area contributed by atoms with Gasteiger partial charge in [0.15, 0.2) is 0 Å². The topological polar surface area (TPSA) is 85.2 Å². The first-order valence-electron chi connectivity index (χ1n) is 6.45. The zero-order chi connectivity index (χ0) is 14.5. The number of hydrogen-bond donors (Lipinski definition) is 2. The molecule has 0 aliphatic rings. The summed E-state index contributed by atoms with van der Waals surface area (Å²) in [4.78, 5) is 18.2. The van der Waals surface area contributed by atoms with Crippen LogP contribution in [0.4, 0.5) is 11.4 Å². The second-order valence-electron chi connectivity index (χ2n) is 4.52. The molecule has 20 heavy (non-hydrogen) atoms. The highest BCUT2D eigenvalue weighted by Crippen LogP contribution is 2.18. The minimum atomic E-state index is -0.0955. The summed E-state index contributed by atoms with van der Waals surface area (Å²) < 4.78 is 0. The van der Waals surface area contributed by atoms with Gasteiger partial charge in [0.1, 0.15) is 0 Å². The van der Waals surface area contributed by atoms with E-state index in [1.165, 1.54) is 0 Å². The molecule has 0 saturated carbocycles. The molecule has 0 bridgehead atoms. The highest BCUT2D eigenvalue weighted by Gasteiger charge is 2.17. The van der Waals surface area contributed by atoms with Crippen LogP contribution in [-0.4, -0.2) is 22.3 Å². The first-order valence-corrected chi connectivity index (χ1v) is 6.45. The zero-order valence-corrected chi connectivity index (χ0v) is 11.4. The molecular weight excluding hydrogens is 252 g/mol. The third-order valence-corrected chi connectivity index (χ3v) is 3.10. The summed E-state index contributed by atoms with van der Waals surface area (Å²) in [6.07, 6.45) is 3.43. The molecule has 104 valence electrons. The van der Waals surface area contributed by atoms with Crippen LogP contribution in [0.15, 0.2) is 42.7 Å². The highest BCUT2D eigenvalue weighted by molar-refractivity contribution is 5.99. The first-order chi connectivity index (χ1) is 9.61. The van der Waals surface area contributed by atoms with Gasteiger partial charge in [-0.3, -0.25) is 9.78 Å². The number of rotatable bonds is 4. The van der Waals surface area contributed by atoms with Gasteiger partial charge in [-0.2, -0.15) is 0 Å². The quantitative estimate of drug-likeness (QED) is 0.831. The molecule has 2 aromatic rings. The van der Waals surface area contributed by atoms with E-state index >= 15 is 0 Å². The average molecular weight is 270 g/mol. The van der Waals surface area contributed by atoms with Gasteiger partial charge in [0, 0.05) is 36.9 Å². The van der Waals surface area contributed by atoms with Gasteiger partial charge >= 0.3 is 0 Å². The molecule has 0 aliphatic heterocycles. The van der Waals surface area contributed by atoms with Crippen LogP contribution in [0.2, 0.25) is 0 Å². The Kier molecular flexibility index (Phi) is 4.20. The fourth-order valence-corrected chi connectivity index (χ4v) is 1.98. The smallest absolute Gasteiger partial charge is 0.256 e. The van der Waals surface area contributed by atoms with Crippen LogP contribution in [0.25, 0.3) is 0 Å². The number of nitrogens with two attached hydrogens (primary N) is 2. The summed E-state index contributed by atoms with van der Waals surface area (Å²) >= 11 is 0. The predicted octanol–water partition coefficient (Wildman–Crippen LogP) is 1.91. The fraction of sp³-hybridized carbons (Fsp3) is 0.200. The summed E-state index contributed by atoms with van der Waals surface area (Å²) in [5.41, 5.74) is 14.0. The summed E-state index contributed by atoms with van der Waals surface area (Å²) in [7, 11) is 0. The summed E-state index contributed by atoms with van der Waals surface area (Å²) in [6.45, 7) is 3.07. The van der Waals surface area contributed by atoms with Crippen molar-refractivity contribution in [1.29, 1.82) is 0 Å². The van der Waals surface area contributed by atoms with E-state index in [0.29, 0.717) is 30.0 Å². The van der Waals surface area contributed by atoms with Gasteiger partial charge in [-0.25, -0.2) is 0 Å². The number of carbonyl (C=O) groups excluding carboxylic acids is 1. The van der Waals surface area contributed by atoms with E-state index in [0.717, 1.165) is 5.56 Å². The number of pyridine rings is 1. The maximum absolute atomic E-state index is 12.5. The van der Waals surface area contributed by atoms with E-state index < -0.39 is 0 Å². The molecule has 0 fully saturated rings. The Morgan fingerprint density at radius 2 is 1.90 bits per heavy atom. The van der Waals surface area contributed by atoms with E-state index in [-0.39, 0.29) is 5.91 Å².